The summed E-state index contributed by atoms with van der Waals surface area (Å²) in [5.74, 6) is -0.0458. The Bertz CT molecular complexity index is 1240. The van der Waals surface area contributed by atoms with E-state index in [4.69, 9.17) is 16.7 Å². The van der Waals surface area contributed by atoms with Gasteiger partial charge in [-0.3, -0.25) is 14.5 Å². The highest BCUT2D eigenvalue weighted by Gasteiger charge is 2.33. The van der Waals surface area contributed by atoms with Crippen LogP contribution in [0.2, 0.25) is 5.02 Å². The summed E-state index contributed by atoms with van der Waals surface area (Å²) in [6.45, 7) is 4.49. The van der Waals surface area contributed by atoms with E-state index in [1.165, 1.54) is 21.6 Å². The number of fused-ring (bicyclic) bond motifs is 2. The number of anilines is 2. The number of carbonyl (C=O) groups excluding carboxylic acids is 2. The number of hydrogen-bond donors (Lipinski definition) is 1. The molecule has 1 aromatic heterocycles. The van der Waals surface area contributed by atoms with Crippen LogP contribution in [0.1, 0.15) is 17.5 Å². The average Bonchev–Trinajstić information content (AvgIpc) is 3.37. The molecule has 0 saturated carbocycles. The Hall–Kier alpha value is -2.56. The molecule has 0 aliphatic carbocycles. The smallest absolute Gasteiger partial charge is 0.238 e. The first kappa shape index (κ1) is 23.2. The van der Waals surface area contributed by atoms with E-state index < -0.39 is 24.5 Å². The van der Waals surface area contributed by atoms with Crippen LogP contribution in [0.15, 0.2) is 36.4 Å². The Kier molecular flexibility index (Phi) is 6.54. The molecule has 34 heavy (non-hydrogen) atoms. The fraction of sp³-hybridized carbons (Fsp3) is 0.375. The van der Waals surface area contributed by atoms with E-state index in [0.29, 0.717) is 10.7 Å². The van der Waals surface area contributed by atoms with Gasteiger partial charge < -0.3 is 15.1 Å². The normalized spacial score (nSPS) is 17.4. The maximum absolute atomic E-state index is 12.4. The number of carbonyl (C=O) groups is 2. The van der Waals surface area contributed by atoms with Crippen LogP contribution in [-0.2, 0) is 22.4 Å². The quantitative estimate of drug-likeness (QED) is 0.516. The van der Waals surface area contributed by atoms with Gasteiger partial charge in [0.25, 0.3) is 0 Å². The maximum Gasteiger partial charge on any atom is 0.238 e. The molecule has 1 saturated heterocycles. The van der Waals surface area contributed by atoms with Crippen LogP contribution in [-0.4, -0.2) is 65.2 Å². The second kappa shape index (κ2) is 9.59. The molecule has 178 valence electrons. The summed E-state index contributed by atoms with van der Waals surface area (Å²) in [6.07, 6.45) is -1.88. The number of hydrogen-bond acceptors (Lipinski definition) is 8. The number of rotatable bonds is 6. The van der Waals surface area contributed by atoms with Crippen molar-refractivity contribution >= 4 is 56.5 Å². The fourth-order valence-corrected chi connectivity index (χ4v) is 5.70. The van der Waals surface area contributed by atoms with Crippen LogP contribution in [0.25, 0.3) is 10.1 Å². The Morgan fingerprint density at radius 2 is 1.97 bits per heavy atom. The van der Waals surface area contributed by atoms with E-state index in [0.717, 1.165) is 61.0 Å². The average molecular weight is 500 g/mol. The summed E-state index contributed by atoms with van der Waals surface area (Å²) in [6, 6.07) is 11.8. The number of imide groups is 1. The SMILES string of the molecule is O=C1Cc2cc(CCN3CCN(c4nsc5ccccc45)CC3)c(Cl)cc2N1C(=O)CC([O-])O. The topological polar surface area (TPSA) is 100 Å². The van der Waals surface area contributed by atoms with Gasteiger partial charge in [0.05, 0.1) is 16.8 Å². The lowest BCUT2D eigenvalue weighted by atomic mass is 10.1. The summed E-state index contributed by atoms with van der Waals surface area (Å²) < 4.78 is 5.87. The summed E-state index contributed by atoms with van der Waals surface area (Å²) in [5, 5.41) is 21.6. The Labute approximate surface area is 206 Å². The number of benzene rings is 2. The van der Waals surface area contributed by atoms with Crippen molar-refractivity contribution in [3.05, 3.63) is 52.5 Å². The van der Waals surface area contributed by atoms with Crippen molar-refractivity contribution in [2.24, 2.45) is 0 Å². The molecule has 0 bridgehead atoms. The molecule has 8 nitrogen and oxygen atoms in total. The monoisotopic (exact) mass is 499 g/mol. The zero-order chi connectivity index (χ0) is 23.8. The van der Waals surface area contributed by atoms with Crippen LogP contribution >= 0.6 is 23.1 Å². The van der Waals surface area contributed by atoms with Crippen molar-refractivity contribution in [3.63, 3.8) is 0 Å². The Morgan fingerprint density at radius 1 is 1.21 bits per heavy atom. The second-order valence-corrected chi connectivity index (χ2v) is 9.82. The molecule has 5 rings (SSSR count). The summed E-state index contributed by atoms with van der Waals surface area (Å²) in [7, 11) is 0. The predicted octanol–water partition coefficient (Wildman–Crippen LogP) is 1.80. The fourth-order valence-electron chi connectivity index (χ4n) is 4.65. The molecule has 2 aliphatic rings. The van der Waals surface area contributed by atoms with Crippen molar-refractivity contribution in [1.82, 2.24) is 9.27 Å². The van der Waals surface area contributed by atoms with Gasteiger partial charge in [0.2, 0.25) is 11.8 Å². The number of aliphatic hydroxyl groups excluding tert-OH is 1. The third-order valence-corrected chi connectivity index (χ3v) is 7.57. The van der Waals surface area contributed by atoms with Gasteiger partial charge in [-0.2, -0.15) is 4.37 Å². The second-order valence-electron chi connectivity index (χ2n) is 8.61. The molecule has 3 aromatic rings. The van der Waals surface area contributed by atoms with E-state index in [2.05, 4.69) is 26.3 Å². The minimum absolute atomic E-state index is 0.0838. The molecule has 10 heteroatoms. The lowest BCUT2D eigenvalue weighted by Gasteiger charge is -2.35. The highest BCUT2D eigenvalue weighted by molar-refractivity contribution is 7.13. The number of piperazine rings is 1. The summed E-state index contributed by atoms with van der Waals surface area (Å²) in [4.78, 5) is 30.3. The van der Waals surface area contributed by atoms with Crippen molar-refractivity contribution in [1.29, 1.82) is 0 Å². The van der Waals surface area contributed by atoms with Gasteiger partial charge >= 0.3 is 0 Å². The first-order valence-electron chi connectivity index (χ1n) is 11.2. The minimum atomic E-state index is -2.05. The van der Waals surface area contributed by atoms with Crippen LogP contribution in [0.4, 0.5) is 11.5 Å². The van der Waals surface area contributed by atoms with E-state index >= 15 is 0 Å². The predicted molar refractivity (Wildman–Crippen MR) is 130 cm³/mol. The van der Waals surface area contributed by atoms with Crippen LogP contribution in [0.3, 0.4) is 0 Å². The molecule has 1 atom stereocenters. The summed E-state index contributed by atoms with van der Waals surface area (Å²) in [5.41, 5.74) is 2.06. The number of aromatic nitrogens is 1. The number of halogens is 1. The third kappa shape index (κ3) is 4.54. The van der Waals surface area contributed by atoms with E-state index in [1.807, 2.05) is 18.2 Å². The van der Waals surface area contributed by atoms with Crippen LogP contribution in [0, 0.1) is 0 Å². The van der Waals surface area contributed by atoms with Crippen molar-refractivity contribution < 1.29 is 19.8 Å². The highest BCUT2D eigenvalue weighted by atomic mass is 35.5. The number of aliphatic hydroxyl groups is 1. The lowest BCUT2D eigenvalue weighted by Crippen LogP contribution is -2.47. The standard InChI is InChI=1S/C24H24ClN4O4S/c25-18-13-19-16(12-21(30)29(19)22(31)14-23(32)33)11-15(18)5-6-27-7-9-28(10-8-27)24-17-3-1-2-4-20(17)34-26-24/h1-4,11,13,23,32H,5-10,12,14H2/q-1. The highest BCUT2D eigenvalue weighted by Crippen LogP contribution is 2.35. The third-order valence-electron chi connectivity index (χ3n) is 6.41. The molecule has 2 amide bonds. The molecular formula is C24H24ClN4O4S-. The van der Waals surface area contributed by atoms with E-state index in [1.54, 1.807) is 6.07 Å². The van der Waals surface area contributed by atoms with Crippen molar-refractivity contribution in [3.8, 4) is 0 Å². The first-order valence-corrected chi connectivity index (χ1v) is 12.4. The van der Waals surface area contributed by atoms with Gasteiger partial charge in [-0.1, -0.05) is 29.8 Å². The van der Waals surface area contributed by atoms with Crippen molar-refractivity contribution in [2.75, 3.05) is 42.5 Å². The Balaban J connectivity index is 1.21. The Morgan fingerprint density at radius 3 is 2.74 bits per heavy atom. The lowest BCUT2D eigenvalue weighted by molar-refractivity contribution is -0.480. The van der Waals surface area contributed by atoms with Gasteiger partial charge in [0.15, 0.2) is 0 Å². The maximum atomic E-state index is 12.4. The number of nitrogens with zero attached hydrogens (tertiary/aromatic N) is 4. The molecule has 2 aromatic carbocycles. The molecule has 1 N–H and O–H groups in total. The molecule has 3 heterocycles. The van der Waals surface area contributed by atoms with Crippen molar-refractivity contribution in [2.45, 2.75) is 25.6 Å². The first-order chi connectivity index (χ1) is 16.4. The van der Waals surface area contributed by atoms with Gasteiger partial charge in [-0.25, -0.2) is 4.90 Å². The van der Waals surface area contributed by atoms with Gasteiger partial charge in [0.1, 0.15) is 5.82 Å². The van der Waals surface area contributed by atoms with Crippen LogP contribution < -0.4 is 14.9 Å². The zero-order valence-electron chi connectivity index (χ0n) is 18.4. The van der Waals surface area contributed by atoms with E-state index in [-0.39, 0.29) is 6.42 Å². The molecule has 0 radical (unpaired) electrons. The van der Waals surface area contributed by atoms with E-state index in [9.17, 15) is 14.7 Å². The van der Waals surface area contributed by atoms with Gasteiger partial charge in [-0.15, -0.1) is 0 Å². The molecule has 0 spiro atoms. The van der Waals surface area contributed by atoms with Crippen LogP contribution in [0.5, 0.6) is 0 Å². The largest absolute Gasteiger partial charge is 0.831 e. The molecule has 2 aliphatic heterocycles. The minimum Gasteiger partial charge on any atom is -0.831 e. The van der Waals surface area contributed by atoms with Gasteiger partial charge in [0, 0.05) is 49.6 Å². The molecule has 1 unspecified atom stereocenters. The van der Waals surface area contributed by atoms with Gasteiger partial charge in [-0.05, 0) is 53.6 Å². The summed E-state index contributed by atoms with van der Waals surface area (Å²) >= 11 is 8.04. The zero-order valence-corrected chi connectivity index (χ0v) is 20.0. The molecule has 1 fully saturated rings. The molecular weight excluding hydrogens is 476 g/mol. The number of amides is 2.